The van der Waals surface area contributed by atoms with Crippen LogP contribution in [0.4, 0.5) is 10.1 Å². The lowest BCUT2D eigenvalue weighted by molar-refractivity contribution is 0.553. The summed E-state index contributed by atoms with van der Waals surface area (Å²) in [4.78, 5) is 2.11. The molecule has 17 heavy (non-hydrogen) atoms. The van der Waals surface area contributed by atoms with E-state index in [1.54, 1.807) is 6.07 Å². The van der Waals surface area contributed by atoms with Gasteiger partial charge in [0.2, 0.25) is 0 Å². The van der Waals surface area contributed by atoms with Crippen LogP contribution in [0.15, 0.2) is 18.2 Å². The number of rotatable bonds is 1. The van der Waals surface area contributed by atoms with Gasteiger partial charge in [-0.2, -0.15) is 0 Å². The Hall–Kier alpha value is -1.09. The van der Waals surface area contributed by atoms with Gasteiger partial charge in [0.1, 0.15) is 5.82 Å². The normalized spacial score (nSPS) is 17.3. The lowest BCUT2D eigenvalue weighted by Gasteiger charge is -2.30. The Labute approximate surface area is 103 Å². The maximum Gasteiger partial charge on any atom is 0.146 e. The van der Waals surface area contributed by atoms with Crippen molar-refractivity contribution in [3.8, 4) is 0 Å². The SMILES string of the molecule is CC(C)(C)c1ccc(N2CCNCC2)c(F)c1. The molecule has 0 unspecified atom stereocenters. The van der Waals surface area contributed by atoms with Crippen LogP contribution in [0.1, 0.15) is 26.3 Å². The Morgan fingerprint density at radius 1 is 1.18 bits per heavy atom. The van der Waals surface area contributed by atoms with Crippen LogP contribution >= 0.6 is 0 Å². The molecule has 0 amide bonds. The fourth-order valence-corrected chi connectivity index (χ4v) is 2.14. The molecule has 0 radical (unpaired) electrons. The lowest BCUT2D eigenvalue weighted by atomic mass is 9.87. The number of anilines is 1. The van der Waals surface area contributed by atoms with E-state index in [1.807, 2.05) is 12.1 Å². The van der Waals surface area contributed by atoms with Gasteiger partial charge in [0.05, 0.1) is 5.69 Å². The summed E-state index contributed by atoms with van der Waals surface area (Å²) in [6.45, 7) is 9.93. The molecule has 1 heterocycles. The standard InChI is InChI=1S/C14H21FN2/c1-14(2,3)11-4-5-13(12(15)10-11)17-8-6-16-7-9-17/h4-5,10,16H,6-9H2,1-3H3. The number of benzene rings is 1. The van der Waals surface area contributed by atoms with E-state index in [0.717, 1.165) is 37.4 Å². The first-order chi connectivity index (χ1) is 7.98. The molecule has 0 saturated carbocycles. The van der Waals surface area contributed by atoms with Crippen molar-refractivity contribution in [2.45, 2.75) is 26.2 Å². The largest absolute Gasteiger partial charge is 0.367 e. The predicted molar refractivity (Wildman–Crippen MR) is 70.2 cm³/mol. The molecule has 2 rings (SSSR count). The van der Waals surface area contributed by atoms with Gasteiger partial charge in [0.25, 0.3) is 0 Å². The molecular formula is C14H21FN2. The van der Waals surface area contributed by atoms with Crippen molar-refractivity contribution in [2.75, 3.05) is 31.1 Å². The van der Waals surface area contributed by atoms with Crippen LogP contribution in [0.3, 0.4) is 0 Å². The Bertz CT molecular complexity index is 390. The zero-order valence-electron chi connectivity index (χ0n) is 10.9. The number of halogens is 1. The third-order valence-corrected chi connectivity index (χ3v) is 3.27. The van der Waals surface area contributed by atoms with Crippen molar-refractivity contribution in [1.29, 1.82) is 0 Å². The second kappa shape index (κ2) is 4.65. The average molecular weight is 236 g/mol. The highest BCUT2D eigenvalue weighted by atomic mass is 19.1. The Balaban J connectivity index is 2.25. The molecule has 1 aromatic carbocycles. The van der Waals surface area contributed by atoms with Crippen molar-refractivity contribution in [1.82, 2.24) is 5.32 Å². The maximum absolute atomic E-state index is 14.1. The second-order valence-corrected chi connectivity index (χ2v) is 5.65. The van der Waals surface area contributed by atoms with E-state index in [0.29, 0.717) is 0 Å². The predicted octanol–water partition coefficient (Wildman–Crippen LogP) is 2.53. The van der Waals surface area contributed by atoms with Crippen molar-refractivity contribution in [2.24, 2.45) is 0 Å². The molecule has 1 N–H and O–H groups in total. The smallest absolute Gasteiger partial charge is 0.146 e. The van der Waals surface area contributed by atoms with E-state index in [-0.39, 0.29) is 11.2 Å². The number of nitrogens with one attached hydrogen (secondary N) is 1. The highest BCUT2D eigenvalue weighted by molar-refractivity contribution is 5.50. The summed E-state index contributed by atoms with van der Waals surface area (Å²) < 4.78 is 14.1. The summed E-state index contributed by atoms with van der Waals surface area (Å²) in [5.41, 5.74) is 1.79. The first-order valence-corrected chi connectivity index (χ1v) is 6.24. The molecule has 0 bridgehead atoms. The van der Waals surface area contributed by atoms with Gasteiger partial charge in [0.15, 0.2) is 0 Å². The monoisotopic (exact) mass is 236 g/mol. The van der Waals surface area contributed by atoms with E-state index in [4.69, 9.17) is 0 Å². The minimum Gasteiger partial charge on any atom is -0.367 e. The summed E-state index contributed by atoms with van der Waals surface area (Å²) in [5, 5.41) is 3.28. The Morgan fingerprint density at radius 3 is 2.35 bits per heavy atom. The third kappa shape index (κ3) is 2.78. The van der Waals surface area contributed by atoms with Gasteiger partial charge in [-0.1, -0.05) is 26.8 Å². The zero-order chi connectivity index (χ0) is 12.5. The summed E-state index contributed by atoms with van der Waals surface area (Å²) in [6.07, 6.45) is 0. The van der Waals surface area contributed by atoms with Crippen LogP contribution in [-0.4, -0.2) is 26.2 Å². The van der Waals surface area contributed by atoms with Gasteiger partial charge < -0.3 is 10.2 Å². The van der Waals surface area contributed by atoms with Crippen molar-refractivity contribution >= 4 is 5.69 Å². The minimum absolute atomic E-state index is 0.00280. The molecule has 3 heteroatoms. The topological polar surface area (TPSA) is 15.3 Å². The molecule has 0 aliphatic carbocycles. The van der Waals surface area contributed by atoms with Gasteiger partial charge in [-0.15, -0.1) is 0 Å². The van der Waals surface area contributed by atoms with Crippen molar-refractivity contribution in [3.63, 3.8) is 0 Å². The van der Waals surface area contributed by atoms with Crippen LogP contribution in [0.2, 0.25) is 0 Å². The molecular weight excluding hydrogens is 215 g/mol. The van der Waals surface area contributed by atoms with Crippen LogP contribution in [-0.2, 0) is 5.41 Å². The molecule has 0 aromatic heterocycles. The fraction of sp³-hybridized carbons (Fsp3) is 0.571. The van der Waals surface area contributed by atoms with Gasteiger partial charge in [-0.25, -0.2) is 4.39 Å². The van der Waals surface area contributed by atoms with E-state index in [1.165, 1.54) is 0 Å². The summed E-state index contributed by atoms with van der Waals surface area (Å²) >= 11 is 0. The van der Waals surface area contributed by atoms with Crippen molar-refractivity contribution in [3.05, 3.63) is 29.6 Å². The van der Waals surface area contributed by atoms with Crippen LogP contribution in [0, 0.1) is 5.82 Å². The summed E-state index contributed by atoms with van der Waals surface area (Å²) in [7, 11) is 0. The highest BCUT2D eigenvalue weighted by Crippen LogP contribution is 2.27. The molecule has 1 aliphatic heterocycles. The van der Waals surface area contributed by atoms with E-state index in [9.17, 15) is 4.39 Å². The van der Waals surface area contributed by atoms with E-state index >= 15 is 0 Å². The van der Waals surface area contributed by atoms with Crippen LogP contribution in [0.5, 0.6) is 0 Å². The lowest BCUT2D eigenvalue weighted by Crippen LogP contribution is -2.43. The van der Waals surface area contributed by atoms with Gasteiger partial charge in [-0.05, 0) is 23.1 Å². The maximum atomic E-state index is 14.1. The van der Waals surface area contributed by atoms with E-state index < -0.39 is 0 Å². The third-order valence-electron chi connectivity index (χ3n) is 3.27. The first kappa shape index (κ1) is 12.4. The number of nitrogens with zero attached hydrogens (tertiary/aromatic N) is 1. The van der Waals surface area contributed by atoms with Crippen molar-refractivity contribution < 1.29 is 4.39 Å². The first-order valence-electron chi connectivity index (χ1n) is 6.24. The molecule has 1 aliphatic rings. The second-order valence-electron chi connectivity index (χ2n) is 5.65. The molecule has 94 valence electrons. The van der Waals surface area contributed by atoms with Crippen LogP contribution in [0.25, 0.3) is 0 Å². The molecule has 1 fully saturated rings. The van der Waals surface area contributed by atoms with Crippen LogP contribution < -0.4 is 10.2 Å². The quantitative estimate of drug-likeness (QED) is 0.806. The minimum atomic E-state index is -0.0978. The number of hydrogen-bond acceptors (Lipinski definition) is 2. The molecule has 0 spiro atoms. The molecule has 2 nitrogen and oxygen atoms in total. The van der Waals surface area contributed by atoms with Gasteiger partial charge in [0, 0.05) is 26.2 Å². The summed E-state index contributed by atoms with van der Waals surface area (Å²) in [6, 6.07) is 5.64. The van der Waals surface area contributed by atoms with E-state index in [2.05, 4.69) is 31.0 Å². The molecule has 1 aromatic rings. The Morgan fingerprint density at radius 2 is 1.82 bits per heavy atom. The highest BCUT2D eigenvalue weighted by Gasteiger charge is 2.18. The number of hydrogen-bond donors (Lipinski definition) is 1. The fourth-order valence-electron chi connectivity index (χ4n) is 2.14. The van der Waals surface area contributed by atoms with Gasteiger partial charge in [-0.3, -0.25) is 0 Å². The summed E-state index contributed by atoms with van der Waals surface area (Å²) in [5.74, 6) is -0.0978. The molecule has 0 atom stereocenters. The number of piperazine rings is 1. The van der Waals surface area contributed by atoms with Gasteiger partial charge >= 0.3 is 0 Å². The average Bonchev–Trinajstić information content (AvgIpc) is 2.29. The molecule has 1 saturated heterocycles. The zero-order valence-corrected chi connectivity index (χ0v) is 10.9. The Kier molecular flexibility index (Phi) is 3.38.